The maximum absolute atomic E-state index is 13.6. The number of rotatable bonds is 7. The number of hydrogen-bond donors (Lipinski definition) is 5. The van der Waals surface area contributed by atoms with Crippen molar-refractivity contribution in [3.05, 3.63) is 35.9 Å². The van der Waals surface area contributed by atoms with E-state index in [-0.39, 0.29) is 30.6 Å². The molecule has 2 heterocycles. The van der Waals surface area contributed by atoms with Gasteiger partial charge in [0.25, 0.3) is 0 Å². The summed E-state index contributed by atoms with van der Waals surface area (Å²) < 4.78 is 0. The van der Waals surface area contributed by atoms with E-state index >= 15 is 0 Å². The first kappa shape index (κ1) is 26.0. The summed E-state index contributed by atoms with van der Waals surface area (Å²) in [7, 11) is 0. The monoisotopic (exact) mass is 485 g/mol. The molecule has 2 aliphatic heterocycles. The van der Waals surface area contributed by atoms with Crippen LogP contribution in [-0.4, -0.2) is 71.7 Å². The third kappa shape index (κ3) is 6.93. The summed E-state index contributed by atoms with van der Waals surface area (Å²) in [5.74, 6) is -1.62. The highest BCUT2D eigenvalue weighted by molar-refractivity contribution is 5.97. The number of nitrogens with two attached hydrogens (primary N) is 2. The Morgan fingerprint density at radius 3 is 2.31 bits per heavy atom. The van der Waals surface area contributed by atoms with Gasteiger partial charge in [-0.2, -0.15) is 0 Å². The molecule has 11 heteroatoms. The van der Waals surface area contributed by atoms with E-state index in [9.17, 15) is 19.2 Å². The SMILES string of the molecule is CC[C@@H]1NC(=O)[C@H](CCCN=C(N)N)NC(=O)[C@H]2CCCN2C(=O)[C@@H](Cc2ccccc2)NC1=O. The van der Waals surface area contributed by atoms with Crippen LogP contribution in [0.3, 0.4) is 0 Å². The quantitative estimate of drug-likeness (QED) is 0.191. The standard InChI is InChI=1S/C24H35N7O4/c1-2-16-20(32)30-18(14-15-8-4-3-5-9-15)23(35)31-13-7-11-19(31)22(34)29-17(21(33)28-16)10-6-12-27-24(25)26/h3-5,8-9,16-19H,2,6-7,10-14H2,1H3,(H,28,33)(H,29,34)(H,30,32)(H4,25,26,27)/t16-,17-,18+,19+/m0/s1. The molecule has 1 aromatic carbocycles. The zero-order chi connectivity index (χ0) is 25.4. The van der Waals surface area contributed by atoms with Crippen LogP contribution in [0.2, 0.25) is 0 Å². The van der Waals surface area contributed by atoms with E-state index in [4.69, 9.17) is 11.5 Å². The molecule has 2 saturated heterocycles. The van der Waals surface area contributed by atoms with Crippen LogP contribution in [0.5, 0.6) is 0 Å². The number of nitrogens with one attached hydrogen (secondary N) is 3. The molecule has 7 N–H and O–H groups in total. The van der Waals surface area contributed by atoms with E-state index in [1.165, 1.54) is 4.90 Å². The Kier molecular flexibility index (Phi) is 9.04. The number of carbonyl (C=O) groups is 4. The van der Waals surface area contributed by atoms with Crippen molar-refractivity contribution >= 4 is 29.6 Å². The molecule has 11 nitrogen and oxygen atoms in total. The average Bonchev–Trinajstić information content (AvgIpc) is 3.33. The second-order valence-corrected chi connectivity index (χ2v) is 8.92. The van der Waals surface area contributed by atoms with Crippen LogP contribution < -0.4 is 27.4 Å². The van der Waals surface area contributed by atoms with Crippen molar-refractivity contribution in [3.63, 3.8) is 0 Å². The molecule has 4 amide bonds. The van der Waals surface area contributed by atoms with Crippen LogP contribution in [0.1, 0.15) is 44.6 Å². The minimum Gasteiger partial charge on any atom is -0.370 e. The van der Waals surface area contributed by atoms with Gasteiger partial charge in [0.1, 0.15) is 24.2 Å². The topological polar surface area (TPSA) is 172 Å². The predicted octanol–water partition coefficient (Wildman–Crippen LogP) is -0.848. The third-order valence-electron chi connectivity index (χ3n) is 6.36. The molecule has 0 radical (unpaired) electrons. The van der Waals surface area contributed by atoms with Crippen LogP contribution >= 0.6 is 0 Å². The number of hydrogen-bond acceptors (Lipinski definition) is 5. The molecule has 2 fully saturated rings. The van der Waals surface area contributed by atoms with Gasteiger partial charge in [-0.1, -0.05) is 37.3 Å². The Balaban J connectivity index is 1.86. The number of guanidine groups is 1. The van der Waals surface area contributed by atoms with Gasteiger partial charge in [-0.3, -0.25) is 24.2 Å². The summed E-state index contributed by atoms with van der Waals surface area (Å²) >= 11 is 0. The average molecular weight is 486 g/mol. The highest BCUT2D eigenvalue weighted by atomic mass is 16.2. The first-order chi connectivity index (χ1) is 16.8. The fraction of sp³-hybridized carbons (Fsp3) is 0.542. The Hall–Kier alpha value is -3.63. The van der Waals surface area contributed by atoms with Gasteiger partial charge in [-0.15, -0.1) is 0 Å². The van der Waals surface area contributed by atoms with E-state index in [1.807, 2.05) is 30.3 Å². The lowest BCUT2D eigenvalue weighted by molar-refractivity contribution is -0.143. The first-order valence-corrected chi connectivity index (χ1v) is 12.1. The lowest BCUT2D eigenvalue weighted by atomic mass is 10.0. The van der Waals surface area contributed by atoms with Gasteiger partial charge < -0.3 is 32.3 Å². The summed E-state index contributed by atoms with van der Waals surface area (Å²) in [4.78, 5) is 58.4. The van der Waals surface area contributed by atoms with Gasteiger partial charge in [-0.05, 0) is 37.7 Å². The number of carbonyl (C=O) groups excluding carboxylic acids is 4. The van der Waals surface area contributed by atoms with Gasteiger partial charge in [0.2, 0.25) is 23.6 Å². The Labute approximate surface area is 205 Å². The summed E-state index contributed by atoms with van der Waals surface area (Å²) in [6.45, 7) is 2.48. The number of amides is 4. The van der Waals surface area contributed by atoms with Gasteiger partial charge in [-0.25, -0.2) is 0 Å². The molecule has 2 aliphatic rings. The van der Waals surface area contributed by atoms with Crippen molar-refractivity contribution < 1.29 is 19.2 Å². The van der Waals surface area contributed by atoms with Crippen molar-refractivity contribution in [1.29, 1.82) is 0 Å². The van der Waals surface area contributed by atoms with Crippen molar-refractivity contribution in [2.75, 3.05) is 13.1 Å². The van der Waals surface area contributed by atoms with Gasteiger partial charge in [0.05, 0.1) is 0 Å². The molecular formula is C24H35N7O4. The van der Waals surface area contributed by atoms with Crippen LogP contribution in [0, 0.1) is 0 Å². The normalized spacial score (nSPS) is 25.5. The highest BCUT2D eigenvalue weighted by Gasteiger charge is 2.40. The Morgan fingerprint density at radius 1 is 0.971 bits per heavy atom. The van der Waals surface area contributed by atoms with E-state index in [0.29, 0.717) is 38.8 Å². The van der Waals surface area contributed by atoms with Crippen molar-refractivity contribution in [2.45, 2.75) is 69.6 Å². The molecular weight excluding hydrogens is 450 g/mol. The number of fused-ring (bicyclic) bond motifs is 1. The van der Waals surface area contributed by atoms with Gasteiger partial charge in [0.15, 0.2) is 5.96 Å². The summed E-state index contributed by atoms with van der Waals surface area (Å²) in [5.41, 5.74) is 11.6. The van der Waals surface area contributed by atoms with Crippen LogP contribution in [0.15, 0.2) is 35.3 Å². The van der Waals surface area contributed by atoms with E-state index in [0.717, 1.165) is 5.56 Å². The highest BCUT2D eigenvalue weighted by Crippen LogP contribution is 2.21. The third-order valence-corrected chi connectivity index (χ3v) is 6.36. The maximum atomic E-state index is 13.6. The molecule has 1 aromatic rings. The maximum Gasteiger partial charge on any atom is 0.246 e. The fourth-order valence-corrected chi connectivity index (χ4v) is 4.49. The molecule has 0 aliphatic carbocycles. The number of benzene rings is 1. The molecule has 0 unspecified atom stereocenters. The summed E-state index contributed by atoms with van der Waals surface area (Å²) in [6.07, 6.45) is 2.49. The minimum absolute atomic E-state index is 0.0509. The Morgan fingerprint density at radius 2 is 1.63 bits per heavy atom. The second kappa shape index (κ2) is 12.2. The molecule has 4 atom stereocenters. The molecule has 35 heavy (non-hydrogen) atoms. The molecule has 0 aromatic heterocycles. The lowest BCUT2D eigenvalue weighted by Gasteiger charge is -2.32. The molecule has 190 valence electrons. The van der Waals surface area contributed by atoms with Crippen molar-refractivity contribution in [2.24, 2.45) is 16.5 Å². The van der Waals surface area contributed by atoms with Crippen LogP contribution in [-0.2, 0) is 25.6 Å². The first-order valence-electron chi connectivity index (χ1n) is 12.1. The largest absolute Gasteiger partial charge is 0.370 e. The molecule has 0 bridgehead atoms. The molecule has 3 rings (SSSR count). The zero-order valence-electron chi connectivity index (χ0n) is 20.0. The van der Waals surface area contributed by atoms with Crippen molar-refractivity contribution in [3.8, 4) is 0 Å². The van der Waals surface area contributed by atoms with E-state index < -0.39 is 36.0 Å². The van der Waals surface area contributed by atoms with Gasteiger partial charge >= 0.3 is 0 Å². The van der Waals surface area contributed by atoms with Crippen LogP contribution in [0.4, 0.5) is 0 Å². The lowest BCUT2D eigenvalue weighted by Crippen LogP contribution is -2.61. The minimum atomic E-state index is -0.879. The smallest absolute Gasteiger partial charge is 0.246 e. The summed E-state index contributed by atoms with van der Waals surface area (Å²) in [5, 5.41) is 8.38. The van der Waals surface area contributed by atoms with E-state index in [1.54, 1.807) is 6.92 Å². The summed E-state index contributed by atoms with van der Waals surface area (Å²) in [6, 6.07) is 6.10. The number of aliphatic imine (C=N–C) groups is 1. The number of nitrogens with zero attached hydrogens (tertiary/aromatic N) is 2. The molecule has 0 spiro atoms. The van der Waals surface area contributed by atoms with Crippen molar-refractivity contribution in [1.82, 2.24) is 20.9 Å². The zero-order valence-corrected chi connectivity index (χ0v) is 20.0. The Bertz CT molecular complexity index is 948. The fourth-order valence-electron chi connectivity index (χ4n) is 4.49. The van der Waals surface area contributed by atoms with Gasteiger partial charge in [0, 0.05) is 19.5 Å². The predicted molar refractivity (Wildman–Crippen MR) is 131 cm³/mol. The van der Waals surface area contributed by atoms with E-state index in [2.05, 4.69) is 20.9 Å². The van der Waals surface area contributed by atoms with Crippen LogP contribution in [0.25, 0.3) is 0 Å². The molecule has 0 saturated carbocycles. The second-order valence-electron chi connectivity index (χ2n) is 8.92.